The van der Waals surface area contributed by atoms with Gasteiger partial charge in [0.1, 0.15) is 0 Å². The third-order valence-electron chi connectivity index (χ3n) is 7.70. The molecule has 0 aliphatic carbocycles. The van der Waals surface area contributed by atoms with Crippen LogP contribution < -0.4 is 5.19 Å². The molecule has 7 aromatic rings. The summed E-state index contributed by atoms with van der Waals surface area (Å²) in [5, 5.41) is 16.0. The summed E-state index contributed by atoms with van der Waals surface area (Å²) in [5.41, 5.74) is 7.66. The molecular weight excluding hydrogens is 478 g/mol. The highest BCUT2D eigenvalue weighted by Crippen LogP contribution is 2.35. The van der Waals surface area contributed by atoms with Crippen molar-refractivity contribution in [3.63, 3.8) is 0 Å². The molecule has 3 nitrogen and oxygen atoms in total. The van der Waals surface area contributed by atoms with Crippen molar-refractivity contribution in [2.75, 3.05) is 0 Å². The number of para-hydroxylation sites is 2. The third-order valence-corrected chi connectivity index (χ3v) is 9.78. The van der Waals surface area contributed by atoms with Crippen LogP contribution in [0.1, 0.15) is 18.9 Å². The lowest BCUT2D eigenvalue weighted by atomic mass is 10.1. The smallest absolute Gasteiger partial charge is 0.0991 e. The van der Waals surface area contributed by atoms with Gasteiger partial charge in [-0.25, -0.2) is 0 Å². The molecule has 0 atom stereocenters. The van der Waals surface area contributed by atoms with E-state index in [-0.39, 0.29) is 9.52 Å². The first-order valence-corrected chi connectivity index (χ1v) is 15.0. The van der Waals surface area contributed by atoms with Gasteiger partial charge >= 0.3 is 0 Å². The van der Waals surface area contributed by atoms with E-state index in [0.717, 1.165) is 33.2 Å². The molecule has 0 saturated heterocycles. The summed E-state index contributed by atoms with van der Waals surface area (Å²) < 4.78 is 4.72. The number of rotatable bonds is 5. The molecule has 0 fully saturated rings. The first-order valence-electron chi connectivity index (χ1n) is 13.3. The number of hydrogen-bond acceptors (Lipinski definition) is 1. The average molecular weight is 506 g/mol. The Morgan fingerprint density at radius 3 is 1.82 bits per heavy atom. The van der Waals surface area contributed by atoms with Crippen molar-refractivity contribution in [3.8, 4) is 17.4 Å². The molecule has 5 aromatic carbocycles. The van der Waals surface area contributed by atoms with Crippen LogP contribution in [0.2, 0.25) is 6.04 Å². The van der Waals surface area contributed by atoms with E-state index in [1.165, 1.54) is 39.5 Å². The van der Waals surface area contributed by atoms with Gasteiger partial charge in [0.15, 0.2) is 0 Å². The molecule has 2 heterocycles. The molecule has 0 saturated carbocycles. The van der Waals surface area contributed by atoms with Crippen LogP contribution in [0.15, 0.2) is 109 Å². The van der Waals surface area contributed by atoms with Crippen molar-refractivity contribution >= 4 is 58.3 Å². The Bertz CT molecular complexity index is 2040. The lowest BCUT2D eigenvalue weighted by molar-refractivity contribution is 1.08. The Hall–Kier alpha value is -4.59. The SMILES string of the molecule is CCC[SiH2]c1ccc2c(c1)c1ccccc1n2-c1cccc(-n2c3ccccc3c3cc(C#N)ccc32)c1. The fourth-order valence-corrected chi connectivity index (χ4v) is 7.32. The lowest BCUT2D eigenvalue weighted by Gasteiger charge is -2.13. The molecule has 2 aromatic heterocycles. The van der Waals surface area contributed by atoms with Crippen LogP contribution in [-0.4, -0.2) is 18.7 Å². The predicted octanol–water partition coefficient (Wildman–Crippen LogP) is 7.37. The monoisotopic (exact) mass is 505 g/mol. The second kappa shape index (κ2) is 9.06. The van der Waals surface area contributed by atoms with Crippen molar-refractivity contribution in [2.45, 2.75) is 19.4 Å². The minimum Gasteiger partial charge on any atom is -0.309 e. The van der Waals surface area contributed by atoms with E-state index >= 15 is 0 Å². The van der Waals surface area contributed by atoms with Gasteiger partial charge in [-0.3, -0.25) is 0 Å². The second-order valence-corrected chi connectivity index (χ2v) is 12.0. The number of fused-ring (bicyclic) bond motifs is 6. The molecule has 182 valence electrons. The summed E-state index contributed by atoms with van der Waals surface area (Å²) >= 11 is 0. The van der Waals surface area contributed by atoms with Crippen LogP contribution in [0, 0.1) is 11.3 Å². The van der Waals surface area contributed by atoms with Gasteiger partial charge in [0.2, 0.25) is 0 Å². The summed E-state index contributed by atoms with van der Waals surface area (Å²) in [6.07, 6.45) is 1.26. The van der Waals surface area contributed by atoms with Crippen molar-refractivity contribution in [3.05, 3.63) is 115 Å². The van der Waals surface area contributed by atoms with E-state index in [1.807, 2.05) is 12.1 Å². The molecular formula is C34H27N3Si. The van der Waals surface area contributed by atoms with E-state index in [4.69, 9.17) is 0 Å². The van der Waals surface area contributed by atoms with Crippen molar-refractivity contribution < 1.29 is 0 Å². The average Bonchev–Trinajstić information content (AvgIpc) is 3.48. The van der Waals surface area contributed by atoms with Gasteiger partial charge in [0.05, 0.1) is 43.2 Å². The molecule has 0 amide bonds. The predicted molar refractivity (Wildman–Crippen MR) is 163 cm³/mol. The van der Waals surface area contributed by atoms with Crippen LogP contribution in [0.5, 0.6) is 0 Å². The number of aromatic nitrogens is 2. The standard InChI is InChI=1S/C34H27N3Si/c1-2-18-38-26-15-17-34-30(21-26)28-11-4-6-13-32(28)37(34)25-9-7-8-24(20-25)36-31-12-5-3-10-27(31)29-19-23(22-35)14-16-33(29)36/h3-17,19-21H,2,18,38H2,1H3. The Morgan fingerprint density at radius 2 is 1.18 bits per heavy atom. The van der Waals surface area contributed by atoms with Crippen LogP contribution in [0.25, 0.3) is 55.0 Å². The normalized spacial score (nSPS) is 11.9. The van der Waals surface area contributed by atoms with Crippen molar-refractivity contribution in [2.24, 2.45) is 0 Å². The summed E-state index contributed by atoms with van der Waals surface area (Å²) in [4.78, 5) is 0. The van der Waals surface area contributed by atoms with Gasteiger partial charge in [-0.1, -0.05) is 79.2 Å². The number of nitrogens with zero attached hydrogens (tertiary/aromatic N) is 3. The van der Waals surface area contributed by atoms with Crippen LogP contribution >= 0.6 is 0 Å². The maximum Gasteiger partial charge on any atom is 0.0991 e. The van der Waals surface area contributed by atoms with Crippen molar-refractivity contribution in [1.82, 2.24) is 9.13 Å². The van der Waals surface area contributed by atoms with Gasteiger partial charge in [-0.05, 0) is 54.6 Å². The van der Waals surface area contributed by atoms with Gasteiger partial charge in [0, 0.05) is 32.9 Å². The molecule has 4 heteroatoms. The van der Waals surface area contributed by atoms with E-state index in [1.54, 1.807) is 0 Å². The van der Waals surface area contributed by atoms with Gasteiger partial charge in [0.25, 0.3) is 0 Å². The highest BCUT2D eigenvalue weighted by atomic mass is 28.2. The van der Waals surface area contributed by atoms with E-state index in [9.17, 15) is 5.26 Å². The molecule has 0 aliphatic rings. The van der Waals surface area contributed by atoms with E-state index in [0.29, 0.717) is 5.56 Å². The molecule has 0 spiro atoms. The number of nitriles is 1. The lowest BCUT2D eigenvalue weighted by Crippen LogP contribution is -2.12. The first kappa shape index (κ1) is 22.6. The summed E-state index contributed by atoms with van der Waals surface area (Å²) in [6, 6.07) is 42.8. The zero-order chi connectivity index (χ0) is 25.6. The molecule has 0 bridgehead atoms. The second-order valence-electron chi connectivity index (χ2n) is 10.0. The Balaban J connectivity index is 1.47. The fraction of sp³-hybridized carbons (Fsp3) is 0.0882. The third kappa shape index (κ3) is 3.48. The van der Waals surface area contributed by atoms with Gasteiger partial charge in [-0.15, -0.1) is 0 Å². The van der Waals surface area contributed by atoms with Crippen LogP contribution in [0.3, 0.4) is 0 Å². The summed E-state index contributed by atoms with van der Waals surface area (Å²) in [6.45, 7) is 2.28. The minimum atomic E-state index is -0.233. The summed E-state index contributed by atoms with van der Waals surface area (Å²) in [7, 11) is -0.233. The minimum absolute atomic E-state index is 0.233. The van der Waals surface area contributed by atoms with Crippen LogP contribution in [-0.2, 0) is 0 Å². The maximum atomic E-state index is 9.51. The van der Waals surface area contributed by atoms with Gasteiger partial charge < -0.3 is 9.13 Å². The highest BCUT2D eigenvalue weighted by molar-refractivity contribution is 6.53. The zero-order valence-electron chi connectivity index (χ0n) is 21.4. The molecule has 0 N–H and O–H groups in total. The number of hydrogen-bond donors (Lipinski definition) is 0. The molecule has 7 rings (SSSR count). The first-order chi connectivity index (χ1) is 18.8. The quantitative estimate of drug-likeness (QED) is 0.225. The highest BCUT2D eigenvalue weighted by Gasteiger charge is 2.16. The van der Waals surface area contributed by atoms with Crippen molar-refractivity contribution in [1.29, 1.82) is 5.26 Å². The van der Waals surface area contributed by atoms with Crippen LogP contribution in [0.4, 0.5) is 0 Å². The Kier molecular flexibility index (Phi) is 5.39. The zero-order valence-corrected chi connectivity index (χ0v) is 22.8. The largest absolute Gasteiger partial charge is 0.309 e. The molecule has 0 unspecified atom stereocenters. The maximum absolute atomic E-state index is 9.51. The Labute approximate surface area is 224 Å². The molecule has 38 heavy (non-hydrogen) atoms. The van der Waals surface area contributed by atoms with E-state index < -0.39 is 0 Å². The molecule has 0 radical (unpaired) electrons. The van der Waals surface area contributed by atoms with Gasteiger partial charge in [-0.2, -0.15) is 5.26 Å². The summed E-state index contributed by atoms with van der Waals surface area (Å²) in [5.74, 6) is 0. The molecule has 0 aliphatic heterocycles. The topological polar surface area (TPSA) is 33.6 Å². The van der Waals surface area contributed by atoms with E-state index in [2.05, 4.69) is 119 Å². The number of benzene rings is 5. The fourth-order valence-electron chi connectivity index (χ4n) is 5.93. The Morgan fingerprint density at radius 1 is 0.605 bits per heavy atom.